The molecule has 0 atom stereocenters. The number of hydrogen-bond acceptors (Lipinski definition) is 5. The fourth-order valence-corrected chi connectivity index (χ4v) is 2.96. The Morgan fingerprint density at radius 3 is 2.67 bits per heavy atom. The molecule has 3 rings (SSSR count). The lowest BCUT2D eigenvalue weighted by Gasteiger charge is -2.04. The number of amides is 2. The highest BCUT2D eigenvalue weighted by Gasteiger charge is 2.12. The minimum Gasteiger partial charge on any atom is -0.326 e. The van der Waals surface area contributed by atoms with Crippen molar-refractivity contribution in [3.63, 3.8) is 0 Å². The molecule has 1 aromatic heterocycles. The van der Waals surface area contributed by atoms with Gasteiger partial charge in [0.05, 0.1) is 23.7 Å². The predicted molar refractivity (Wildman–Crippen MR) is 100.0 cm³/mol. The van der Waals surface area contributed by atoms with Gasteiger partial charge in [-0.15, -0.1) is 11.3 Å². The molecule has 0 unspecified atom stereocenters. The van der Waals surface area contributed by atoms with Gasteiger partial charge in [-0.25, -0.2) is 9.37 Å². The van der Waals surface area contributed by atoms with E-state index in [-0.39, 0.29) is 12.3 Å². The number of nitrogens with zero attached hydrogens (tertiary/aromatic N) is 2. The van der Waals surface area contributed by atoms with Crippen molar-refractivity contribution in [2.24, 2.45) is 0 Å². The van der Waals surface area contributed by atoms with E-state index in [0.29, 0.717) is 27.6 Å². The van der Waals surface area contributed by atoms with Gasteiger partial charge in [0.2, 0.25) is 5.91 Å². The third kappa shape index (κ3) is 4.96. The molecule has 3 aromatic rings. The molecule has 27 heavy (non-hydrogen) atoms. The number of halogens is 1. The van der Waals surface area contributed by atoms with Crippen molar-refractivity contribution in [2.45, 2.75) is 6.42 Å². The van der Waals surface area contributed by atoms with E-state index < -0.39 is 11.7 Å². The van der Waals surface area contributed by atoms with Crippen LogP contribution in [0.25, 0.3) is 0 Å². The van der Waals surface area contributed by atoms with Crippen LogP contribution in [0.1, 0.15) is 21.6 Å². The summed E-state index contributed by atoms with van der Waals surface area (Å²) in [5.74, 6) is -1.12. The summed E-state index contributed by atoms with van der Waals surface area (Å²) in [5, 5.41) is 16.2. The Balaban J connectivity index is 1.58. The molecule has 2 N–H and O–H groups in total. The van der Waals surface area contributed by atoms with Gasteiger partial charge in [-0.3, -0.25) is 14.9 Å². The molecule has 8 heteroatoms. The first-order valence-corrected chi connectivity index (χ1v) is 8.73. The highest BCUT2D eigenvalue weighted by atomic mass is 32.1. The molecule has 0 saturated carbocycles. The van der Waals surface area contributed by atoms with E-state index in [1.807, 2.05) is 6.07 Å². The summed E-state index contributed by atoms with van der Waals surface area (Å²) in [6, 6.07) is 13.8. The summed E-state index contributed by atoms with van der Waals surface area (Å²) >= 11 is 1.19. The zero-order valence-corrected chi connectivity index (χ0v) is 14.7. The quantitative estimate of drug-likeness (QED) is 0.707. The lowest BCUT2D eigenvalue weighted by molar-refractivity contribution is -0.115. The van der Waals surface area contributed by atoms with Crippen LogP contribution in [0.15, 0.2) is 53.9 Å². The van der Waals surface area contributed by atoms with Gasteiger partial charge in [-0.05, 0) is 42.5 Å². The molecule has 0 aliphatic heterocycles. The molecule has 0 spiro atoms. The number of thiazole rings is 1. The lowest BCUT2D eigenvalue weighted by Crippen LogP contribution is -2.15. The molecular weight excluding hydrogens is 367 g/mol. The van der Waals surface area contributed by atoms with Crippen LogP contribution in [0.4, 0.5) is 15.2 Å². The first kappa shape index (κ1) is 18.2. The SMILES string of the molecule is N#Cc1cccc(NC(=O)Cc2csc(NC(=O)c3ccc(F)cc3)n2)c1. The first-order valence-electron chi connectivity index (χ1n) is 7.85. The van der Waals surface area contributed by atoms with Gasteiger partial charge in [-0.2, -0.15) is 5.26 Å². The molecule has 134 valence electrons. The second-order valence-corrected chi connectivity index (χ2v) is 6.38. The van der Waals surface area contributed by atoms with E-state index in [0.717, 1.165) is 0 Å². The minimum absolute atomic E-state index is 0.0275. The van der Waals surface area contributed by atoms with E-state index in [9.17, 15) is 14.0 Å². The highest BCUT2D eigenvalue weighted by molar-refractivity contribution is 7.14. The molecule has 0 fully saturated rings. The summed E-state index contributed by atoms with van der Waals surface area (Å²) in [7, 11) is 0. The molecule has 6 nitrogen and oxygen atoms in total. The van der Waals surface area contributed by atoms with Crippen LogP contribution in [0.2, 0.25) is 0 Å². The number of carbonyl (C=O) groups is 2. The Morgan fingerprint density at radius 1 is 1.15 bits per heavy atom. The lowest BCUT2D eigenvalue weighted by atomic mass is 10.2. The summed E-state index contributed by atoms with van der Waals surface area (Å²) in [6.45, 7) is 0. The second-order valence-electron chi connectivity index (χ2n) is 5.52. The molecular formula is C19H13FN4O2S. The normalized spacial score (nSPS) is 10.1. The summed E-state index contributed by atoms with van der Waals surface area (Å²) < 4.78 is 12.9. The molecule has 0 aliphatic carbocycles. The summed E-state index contributed by atoms with van der Waals surface area (Å²) in [6.07, 6.45) is 0.0275. The molecule has 0 radical (unpaired) electrons. The van der Waals surface area contributed by atoms with Crippen LogP contribution in [-0.4, -0.2) is 16.8 Å². The van der Waals surface area contributed by atoms with Gasteiger partial charge in [0.25, 0.3) is 5.91 Å². The molecule has 0 bridgehead atoms. The first-order chi connectivity index (χ1) is 13.0. The maximum Gasteiger partial charge on any atom is 0.257 e. The van der Waals surface area contributed by atoms with Gasteiger partial charge in [0.1, 0.15) is 5.82 Å². The zero-order chi connectivity index (χ0) is 19.2. The van der Waals surface area contributed by atoms with Gasteiger partial charge < -0.3 is 5.32 Å². The van der Waals surface area contributed by atoms with Gasteiger partial charge in [-0.1, -0.05) is 6.07 Å². The Morgan fingerprint density at radius 2 is 1.93 bits per heavy atom. The smallest absolute Gasteiger partial charge is 0.257 e. The predicted octanol–water partition coefficient (Wildman–Crippen LogP) is 3.59. The van der Waals surface area contributed by atoms with Crippen molar-refractivity contribution in [2.75, 3.05) is 10.6 Å². The Labute approximate surface area is 158 Å². The molecule has 2 amide bonds. The van der Waals surface area contributed by atoms with Crippen molar-refractivity contribution in [3.8, 4) is 6.07 Å². The van der Waals surface area contributed by atoms with Gasteiger partial charge in [0, 0.05) is 16.6 Å². The Bertz CT molecular complexity index is 1020. The summed E-state index contributed by atoms with van der Waals surface area (Å²) in [4.78, 5) is 28.4. The number of anilines is 2. The van der Waals surface area contributed by atoms with Crippen LogP contribution in [-0.2, 0) is 11.2 Å². The highest BCUT2D eigenvalue weighted by Crippen LogP contribution is 2.18. The fraction of sp³-hybridized carbons (Fsp3) is 0.0526. The molecule has 1 heterocycles. The maximum atomic E-state index is 12.9. The average molecular weight is 380 g/mol. The van der Waals surface area contributed by atoms with Crippen molar-refractivity contribution in [1.29, 1.82) is 5.26 Å². The summed E-state index contributed by atoms with van der Waals surface area (Å²) in [5.41, 5.74) is 1.79. The standard InChI is InChI=1S/C19H13FN4O2S/c20-14-6-4-13(5-7-14)18(26)24-19-23-16(11-27-19)9-17(25)22-15-3-1-2-12(8-15)10-21/h1-8,11H,9H2,(H,22,25)(H,23,24,26). The van der Waals surface area contributed by atoms with Crippen LogP contribution in [0, 0.1) is 17.1 Å². The van der Waals surface area contributed by atoms with Crippen LogP contribution in [0.5, 0.6) is 0 Å². The van der Waals surface area contributed by atoms with E-state index in [4.69, 9.17) is 5.26 Å². The number of hydrogen-bond donors (Lipinski definition) is 2. The van der Waals surface area contributed by atoms with Gasteiger partial charge >= 0.3 is 0 Å². The number of carbonyl (C=O) groups excluding carboxylic acids is 2. The molecule has 0 saturated heterocycles. The third-order valence-corrected chi connectivity index (χ3v) is 4.30. The van der Waals surface area contributed by atoms with Crippen LogP contribution in [0.3, 0.4) is 0 Å². The van der Waals surface area contributed by atoms with Crippen molar-refractivity contribution in [1.82, 2.24) is 4.98 Å². The van der Waals surface area contributed by atoms with Crippen LogP contribution < -0.4 is 10.6 Å². The number of nitriles is 1. The molecule has 0 aliphatic rings. The van der Waals surface area contributed by atoms with E-state index >= 15 is 0 Å². The number of nitrogens with one attached hydrogen (secondary N) is 2. The zero-order valence-electron chi connectivity index (χ0n) is 13.9. The fourth-order valence-electron chi connectivity index (χ4n) is 2.25. The number of rotatable bonds is 5. The second kappa shape index (κ2) is 8.21. The topological polar surface area (TPSA) is 94.9 Å². The molecule has 2 aromatic carbocycles. The van der Waals surface area contributed by atoms with Crippen LogP contribution >= 0.6 is 11.3 Å². The van der Waals surface area contributed by atoms with Crippen molar-refractivity contribution in [3.05, 3.63) is 76.5 Å². The van der Waals surface area contributed by atoms with E-state index in [1.165, 1.54) is 35.6 Å². The Kier molecular flexibility index (Phi) is 5.54. The van der Waals surface area contributed by atoms with E-state index in [2.05, 4.69) is 15.6 Å². The van der Waals surface area contributed by atoms with Gasteiger partial charge in [0.15, 0.2) is 5.13 Å². The minimum atomic E-state index is -0.422. The van der Waals surface area contributed by atoms with Crippen molar-refractivity contribution >= 4 is 34.0 Å². The maximum absolute atomic E-state index is 12.9. The van der Waals surface area contributed by atoms with Crippen molar-refractivity contribution < 1.29 is 14.0 Å². The van der Waals surface area contributed by atoms with E-state index in [1.54, 1.807) is 29.6 Å². The average Bonchev–Trinajstić information content (AvgIpc) is 3.08. The largest absolute Gasteiger partial charge is 0.326 e. The monoisotopic (exact) mass is 380 g/mol. The number of aromatic nitrogens is 1. The number of benzene rings is 2. The third-order valence-electron chi connectivity index (χ3n) is 3.50. The Hall–Kier alpha value is -3.57.